The molecule has 2 amide bonds. The summed E-state index contributed by atoms with van der Waals surface area (Å²) in [6.07, 6.45) is 7.38. The fourth-order valence-electron chi connectivity index (χ4n) is 3.65. The van der Waals surface area contributed by atoms with Gasteiger partial charge in [0.15, 0.2) is 0 Å². The molecule has 1 saturated carbocycles. The molecule has 0 unspecified atom stereocenters. The van der Waals surface area contributed by atoms with Gasteiger partial charge in [-0.05, 0) is 54.8 Å². The third-order valence-corrected chi connectivity index (χ3v) is 5.56. The van der Waals surface area contributed by atoms with E-state index < -0.39 is 0 Å². The quantitative estimate of drug-likeness (QED) is 0.610. The molecule has 0 aliphatic heterocycles. The third kappa shape index (κ3) is 4.89. The molecule has 4 rings (SSSR count). The maximum atomic E-state index is 12.5. The maximum Gasteiger partial charge on any atom is 0.254 e. The smallest absolute Gasteiger partial charge is 0.254 e. The van der Waals surface area contributed by atoms with Crippen LogP contribution in [0.4, 0.5) is 5.69 Å². The first kappa shape index (κ1) is 20.2. The summed E-state index contributed by atoms with van der Waals surface area (Å²) in [6.45, 7) is 0.359. The Morgan fingerprint density at radius 3 is 2.63 bits per heavy atom. The van der Waals surface area contributed by atoms with Gasteiger partial charge >= 0.3 is 0 Å². The van der Waals surface area contributed by atoms with Gasteiger partial charge < -0.3 is 10.6 Å². The van der Waals surface area contributed by atoms with Gasteiger partial charge in [-0.25, -0.2) is 4.68 Å². The average molecular weight is 423 g/mol. The second-order valence-electron chi connectivity index (χ2n) is 7.50. The minimum Gasteiger partial charge on any atom is -0.348 e. The monoisotopic (exact) mass is 422 g/mol. The molecule has 1 aliphatic rings. The Bertz CT molecular complexity index is 1040. The Balaban J connectivity index is 1.35. The summed E-state index contributed by atoms with van der Waals surface area (Å²) in [4.78, 5) is 24.8. The van der Waals surface area contributed by atoms with Gasteiger partial charge in [0.05, 0.1) is 17.4 Å². The van der Waals surface area contributed by atoms with Gasteiger partial charge in [-0.15, -0.1) is 0 Å². The van der Waals surface area contributed by atoms with Crippen LogP contribution in [0.3, 0.4) is 0 Å². The van der Waals surface area contributed by atoms with Crippen LogP contribution in [0.5, 0.6) is 0 Å². The number of aromatic nitrogens is 2. The molecule has 30 heavy (non-hydrogen) atoms. The lowest BCUT2D eigenvalue weighted by molar-refractivity contribution is -0.119. The first-order valence-electron chi connectivity index (χ1n) is 10.1. The van der Waals surface area contributed by atoms with Crippen molar-refractivity contribution in [3.8, 4) is 5.69 Å². The molecule has 0 atom stereocenters. The van der Waals surface area contributed by atoms with Crippen LogP contribution in [-0.4, -0.2) is 21.6 Å². The zero-order valence-electron chi connectivity index (χ0n) is 16.5. The highest BCUT2D eigenvalue weighted by atomic mass is 35.5. The van der Waals surface area contributed by atoms with E-state index in [-0.39, 0.29) is 17.7 Å². The van der Waals surface area contributed by atoms with Crippen LogP contribution in [0.15, 0.2) is 60.9 Å². The van der Waals surface area contributed by atoms with Crippen LogP contribution in [-0.2, 0) is 11.3 Å². The number of hydrogen-bond donors (Lipinski definition) is 2. The van der Waals surface area contributed by atoms with E-state index in [4.69, 9.17) is 11.6 Å². The van der Waals surface area contributed by atoms with Crippen molar-refractivity contribution in [3.63, 3.8) is 0 Å². The Morgan fingerprint density at radius 2 is 1.87 bits per heavy atom. The first-order valence-corrected chi connectivity index (χ1v) is 10.4. The van der Waals surface area contributed by atoms with E-state index >= 15 is 0 Å². The fourth-order valence-corrected chi connectivity index (χ4v) is 3.78. The number of halogens is 1. The Morgan fingerprint density at radius 1 is 1.10 bits per heavy atom. The average Bonchev–Trinajstić information content (AvgIpc) is 3.45. The number of rotatable bonds is 6. The second-order valence-corrected chi connectivity index (χ2v) is 7.94. The standard InChI is InChI=1S/C23H23ClN4O2/c24-19-8-10-21(11-9-19)28-15-18(14-26-28)22(29)25-13-16-4-3-7-20(12-16)27-23(30)17-5-1-2-6-17/h3-4,7-12,14-15,17H,1-2,5-6,13H2,(H,25,29)(H,27,30). The van der Waals surface area contributed by atoms with Crippen molar-refractivity contribution in [2.45, 2.75) is 32.2 Å². The third-order valence-electron chi connectivity index (χ3n) is 5.31. The fraction of sp³-hybridized carbons (Fsp3) is 0.261. The van der Waals surface area contributed by atoms with Crippen LogP contribution in [0.1, 0.15) is 41.6 Å². The Kier molecular flexibility index (Phi) is 6.14. The zero-order valence-corrected chi connectivity index (χ0v) is 17.2. The number of hydrogen-bond acceptors (Lipinski definition) is 3. The number of nitrogens with zero attached hydrogens (tertiary/aromatic N) is 2. The van der Waals surface area contributed by atoms with Crippen molar-refractivity contribution >= 4 is 29.1 Å². The Hall–Kier alpha value is -3.12. The van der Waals surface area contributed by atoms with Crippen molar-refractivity contribution in [1.29, 1.82) is 0 Å². The molecule has 154 valence electrons. The van der Waals surface area contributed by atoms with Crippen molar-refractivity contribution < 1.29 is 9.59 Å². The van der Waals surface area contributed by atoms with Gasteiger partial charge in [0.2, 0.25) is 5.91 Å². The molecule has 0 radical (unpaired) electrons. The van der Waals surface area contributed by atoms with E-state index in [2.05, 4.69) is 15.7 Å². The van der Waals surface area contributed by atoms with Crippen LogP contribution in [0.2, 0.25) is 5.02 Å². The maximum absolute atomic E-state index is 12.5. The number of anilines is 1. The van der Waals surface area contributed by atoms with E-state index in [9.17, 15) is 9.59 Å². The van der Waals surface area contributed by atoms with E-state index in [1.165, 1.54) is 6.20 Å². The highest BCUT2D eigenvalue weighted by Gasteiger charge is 2.22. The van der Waals surface area contributed by atoms with Crippen LogP contribution >= 0.6 is 11.6 Å². The SMILES string of the molecule is O=C(NCc1cccc(NC(=O)C2CCCC2)c1)c1cnn(-c2ccc(Cl)cc2)c1. The first-order chi connectivity index (χ1) is 14.6. The van der Waals surface area contributed by atoms with Crippen LogP contribution < -0.4 is 10.6 Å². The summed E-state index contributed by atoms with van der Waals surface area (Å²) in [5, 5.41) is 10.8. The predicted octanol–water partition coefficient (Wildman–Crippen LogP) is 4.58. The summed E-state index contributed by atoms with van der Waals surface area (Å²) >= 11 is 5.91. The van der Waals surface area contributed by atoms with Gasteiger partial charge in [-0.2, -0.15) is 5.10 Å². The minimum absolute atomic E-state index is 0.0864. The highest BCUT2D eigenvalue weighted by Crippen LogP contribution is 2.26. The summed E-state index contributed by atoms with van der Waals surface area (Å²) in [5.74, 6) is -0.00978. The summed E-state index contributed by atoms with van der Waals surface area (Å²) < 4.78 is 1.63. The molecule has 1 aromatic heterocycles. The van der Waals surface area contributed by atoms with Crippen LogP contribution in [0, 0.1) is 5.92 Å². The number of amides is 2. The molecule has 2 aromatic carbocycles. The lowest BCUT2D eigenvalue weighted by Gasteiger charge is -2.11. The molecule has 0 spiro atoms. The van der Waals surface area contributed by atoms with E-state index in [0.717, 1.165) is 42.6 Å². The molecule has 7 heteroatoms. The zero-order chi connectivity index (χ0) is 20.9. The van der Waals surface area contributed by atoms with Gasteiger partial charge in [-0.1, -0.05) is 36.6 Å². The van der Waals surface area contributed by atoms with Crippen molar-refractivity contribution in [2.24, 2.45) is 5.92 Å². The van der Waals surface area contributed by atoms with Crippen molar-refractivity contribution in [1.82, 2.24) is 15.1 Å². The summed E-state index contributed by atoms with van der Waals surface area (Å²) in [5.41, 5.74) is 2.96. The molecule has 1 heterocycles. The summed E-state index contributed by atoms with van der Waals surface area (Å²) in [6, 6.07) is 14.8. The molecule has 2 N–H and O–H groups in total. The number of carbonyl (C=O) groups is 2. The molecule has 6 nitrogen and oxygen atoms in total. The Labute approximate surface area is 180 Å². The lowest BCUT2D eigenvalue weighted by atomic mass is 10.1. The number of benzene rings is 2. The van der Waals surface area contributed by atoms with Crippen molar-refractivity contribution in [3.05, 3.63) is 77.1 Å². The van der Waals surface area contributed by atoms with Crippen molar-refractivity contribution in [2.75, 3.05) is 5.32 Å². The minimum atomic E-state index is -0.212. The normalized spacial score (nSPS) is 13.9. The molecular formula is C23H23ClN4O2. The van der Waals surface area contributed by atoms with Gasteiger partial charge in [0, 0.05) is 29.4 Å². The molecular weight excluding hydrogens is 400 g/mol. The van der Waals surface area contributed by atoms with Gasteiger partial charge in [-0.3, -0.25) is 9.59 Å². The van der Waals surface area contributed by atoms with Gasteiger partial charge in [0.25, 0.3) is 5.91 Å². The van der Waals surface area contributed by atoms with E-state index in [0.29, 0.717) is 17.1 Å². The predicted molar refractivity (Wildman–Crippen MR) is 117 cm³/mol. The van der Waals surface area contributed by atoms with Crippen LogP contribution in [0.25, 0.3) is 5.69 Å². The molecule has 1 fully saturated rings. The van der Waals surface area contributed by atoms with E-state index in [1.54, 1.807) is 23.0 Å². The largest absolute Gasteiger partial charge is 0.348 e. The molecule has 0 bridgehead atoms. The molecule has 0 saturated heterocycles. The highest BCUT2D eigenvalue weighted by molar-refractivity contribution is 6.30. The summed E-state index contributed by atoms with van der Waals surface area (Å²) in [7, 11) is 0. The number of nitrogens with one attached hydrogen (secondary N) is 2. The molecule has 3 aromatic rings. The second kappa shape index (κ2) is 9.13. The van der Waals surface area contributed by atoms with E-state index in [1.807, 2.05) is 36.4 Å². The lowest BCUT2D eigenvalue weighted by Crippen LogP contribution is -2.23. The topological polar surface area (TPSA) is 76.0 Å². The number of carbonyl (C=O) groups excluding carboxylic acids is 2. The molecule has 1 aliphatic carbocycles. The van der Waals surface area contributed by atoms with Gasteiger partial charge in [0.1, 0.15) is 0 Å².